The van der Waals surface area contributed by atoms with Crippen molar-refractivity contribution in [2.75, 3.05) is 34.4 Å². The van der Waals surface area contributed by atoms with Crippen molar-refractivity contribution in [3.05, 3.63) is 17.7 Å². The van der Waals surface area contributed by atoms with Crippen LogP contribution in [0.2, 0.25) is 0 Å². The van der Waals surface area contributed by atoms with Crippen molar-refractivity contribution in [1.82, 2.24) is 5.32 Å². The van der Waals surface area contributed by atoms with Gasteiger partial charge in [0.15, 0.2) is 0 Å². The van der Waals surface area contributed by atoms with Crippen molar-refractivity contribution in [1.29, 1.82) is 0 Å². The number of nitrogens with one attached hydrogen (secondary N) is 1. The molecule has 1 aromatic carbocycles. The Bertz CT molecular complexity index is 393. The molecule has 21 heavy (non-hydrogen) atoms. The van der Waals surface area contributed by atoms with Crippen molar-refractivity contribution in [2.45, 2.75) is 33.1 Å². The van der Waals surface area contributed by atoms with Crippen molar-refractivity contribution in [2.24, 2.45) is 5.92 Å². The Balaban J connectivity index is 2.57. The minimum atomic E-state index is 0.701. The molecule has 120 valence electrons. The van der Waals surface area contributed by atoms with Gasteiger partial charge in [-0.25, -0.2) is 0 Å². The van der Waals surface area contributed by atoms with Crippen molar-refractivity contribution in [3.63, 3.8) is 0 Å². The van der Waals surface area contributed by atoms with Gasteiger partial charge in [0, 0.05) is 17.7 Å². The lowest BCUT2D eigenvalue weighted by molar-refractivity contribution is 0.367. The molecule has 1 N–H and O–H groups in total. The van der Waals surface area contributed by atoms with Crippen molar-refractivity contribution >= 4 is 0 Å². The summed E-state index contributed by atoms with van der Waals surface area (Å²) in [5.41, 5.74) is 1.12. The maximum atomic E-state index is 5.46. The van der Waals surface area contributed by atoms with Gasteiger partial charge in [-0.3, -0.25) is 0 Å². The molecular formula is C17H29NO3. The molecule has 1 aromatic rings. The van der Waals surface area contributed by atoms with Crippen LogP contribution in [0.15, 0.2) is 12.1 Å². The molecular weight excluding hydrogens is 266 g/mol. The Morgan fingerprint density at radius 2 is 1.57 bits per heavy atom. The second-order valence-electron chi connectivity index (χ2n) is 5.57. The summed E-state index contributed by atoms with van der Waals surface area (Å²) >= 11 is 0. The first kappa shape index (κ1) is 17.6. The Hall–Kier alpha value is -1.42. The quantitative estimate of drug-likeness (QED) is 0.672. The van der Waals surface area contributed by atoms with Crippen LogP contribution in [0, 0.1) is 5.92 Å². The normalized spacial score (nSPS) is 10.8. The molecule has 0 aliphatic heterocycles. The summed E-state index contributed by atoms with van der Waals surface area (Å²) in [6.07, 6.45) is 3.19. The lowest BCUT2D eigenvalue weighted by Gasteiger charge is -2.15. The number of methoxy groups -OCH3 is 3. The zero-order chi connectivity index (χ0) is 15.7. The lowest BCUT2D eigenvalue weighted by Crippen LogP contribution is -2.20. The molecule has 4 heteroatoms. The van der Waals surface area contributed by atoms with Crippen LogP contribution in [-0.2, 0) is 6.42 Å². The molecule has 0 unspecified atom stereocenters. The number of benzene rings is 1. The van der Waals surface area contributed by atoms with Crippen LogP contribution < -0.4 is 19.5 Å². The average Bonchev–Trinajstić information content (AvgIpc) is 2.49. The molecule has 0 aliphatic carbocycles. The van der Waals surface area contributed by atoms with Gasteiger partial charge in [0.25, 0.3) is 0 Å². The topological polar surface area (TPSA) is 39.7 Å². The fourth-order valence-electron chi connectivity index (χ4n) is 2.27. The van der Waals surface area contributed by atoms with E-state index in [1.807, 2.05) is 12.1 Å². The molecule has 0 saturated heterocycles. The highest BCUT2D eigenvalue weighted by molar-refractivity contribution is 5.50. The third-order valence-electron chi connectivity index (χ3n) is 3.40. The highest BCUT2D eigenvalue weighted by Gasteiger charge is 2.12. The van der Waals surface area contributed by atoms with E-state index in [9.17, 15) is 0 Å². The number of unbranched alkanes of at least 4 members (excludes halogenated alkanes) is 1. The Morgan fingerprint density at radius 3 is 2.05 bits per heavy atom. The third kappa shape index (κ3) is 5.84. The lowest BCUT2D eigenvalue weighted by atomic mass is 10.1. The number of rotatable bonds is 10. The van der Waals surface area contributed by atoms with Gasteiger partial charge in [-0.1, -0.05) is 13.8 Å². The van der Waals surface area contributed by atoms with Gasteiger partial charge in [-0.2, -0.15) is 0 Å². The van der Waals surface area contributed by atoms with Crippen molar-refractivity contribution in [3.8, 4) is 17.2 Å². The smallest absolute Gasteiger partial charge is 0.129 e. The highest BCUT2D eigenvalue weighted by Crippen LogP contribution is 2.34. The molecule has 0 fully saturated rings. The molecule has 0 heterocycles. The second-order valence-corrected chi connectivity index (χ2v) is 5.57. The van der Waals surface area contributed by atoms with Gasteiger partial charge in [0.2, 0.25) is 0 Å². The van der Waals surface area contributed by atoms with Crippen LogP contribution in [0.25, 0.3) is 0 Å². The summed E-state index contributed by atoms with van der Waals surface area (Å²) in [7, 11) is 5.01. The maximum Gasteiger partial charge on any atom is 0.129 e. The van der Waals surface area contributed by atoms with Gasteiger partial charge < -0.3 is 19.5 Å². The number of hydrogen-bond donors (Lipinski definition) is 1. The zero-order valence-electron chi connectivity index (χ0n) is 14.0. The number of hydrogen-bond acceptors (Lipinski definition) is 4. The monoisotopic (exact) mass is 295 g/mol. The van der Waals surface area contributed by atoms with E-state index in [1.54, 1.807) is 21.3 Å². The van der Waals surface area contributed by atoms with Gasteiger partial charge in [-0.15, -0.1) is 0 Å². The van der Waals surface area contributed by atoms with E-state index in [1.165, 1.54) is 0 Å². The summed E-state index contributed by atoms with van der Waals surface area (Å²) in [5.74, 6) is 3.13. The molecule has 0 saturated carbocycles. The summed E-state index contributed by atoms with van der Waals surface area (Å²) in [4.78, 5) is 0. The summed E-state index contributed by atoms with van der Waals surface area (Å²) < 4.78 is 16.2. The minimum absolute atomic E-state index is 0.701. The van der Waals surface area contributed by atoms with E-state index in [4.69, 9.17) is 14.2 Å². The molecule has 0 aliphatic rings. The average molecular weight is 295 g/mol. The van der Waals surface area contributed by atoms with E-state index in [2.05, 4.69) is 19.2 Å². The maximum absolute atomic E-state index is 5.46. The van der Waals surface area contributed by atoms with Gasteiger partial charge in [-0.05, 0) is 38.3 Å². The fourth-order valence-corrected chi connectivity index (χ4v) is 2.27. The van der Waals surface area contributed by atoms with Crippen LogP contribution in [0.5, 0.6) is 17.2 Å². The van der Waals surface area contributed by atoms with Crippen molar-refractivity contribution < 1.29 is 14.2 Å². The van der Waals surface area contributed by atoms with E-state index in [0.29, 0.717) is 5.92 Å². The predicted molar refractivity (Wildman–Crippen MR) is 86.7 cm³/mol. The van der Waals surface area contributed by atoms with E-state index >= 15 is 0 Å². The highest BCUT2D eigenvalue weighted by atomic mass is 16.5. The van der Waals surface area contributed by atoms with E-state index in [0.717, 1.165) is 55.2 Å². The Labute approximate surface area is 128 Å². The largest absolute Gasteiger partial charge is 0.496 e. The first-order valence-corrected chi connectivity index (χ1v) is 7.62. The van der Waals surface area contributed by atoms with Gasteiger partial charge in [0.1, 0.15) is 17.2 Å². The fraction of sp³-hybridized carbons (Fsp3) is 0.647. The molecule has 0 amide bonds. The number of ether oxygens (including phenoxy) is 3. The predicted octanol–water partition coefficient (Wildman–Crippen LogP) is 3.28. The molecule has 0 bridgehead atoms. The van der Waals surface area contributed by atoms with Crippen LogP contribution in [-0.4, -0.2) is 34.4 Å². The zero-order valence-corrected chi connectivity index (χ0v) is 14.0. The van der Waals surface area contributed by atoms with E-state index in [-0.39, 0.29) is 0 Å². The molecule has 4 nitrogen and oxygen atoms in total. The van der Waals surface area contributed by atoms with E-state index < -0.39 is 0 Å². The molecule has 0 spiro atoms. The third-order valence-corrected chi connectivity index (χ3v) is 3.40. The summed E-state index contributed by atoms with van der Waals surface area (Å²) in [5, 5.41) is 3.46. The van der Waals surface area contributed by atoms with Gasteiger partial charge >= 0.3 is 0 Å². The first-order valence-electron chi connectivity index (χ1n) is 7.62. The van der Waals surface area contributed by atoms with Crippen LogP contribution >= 0.6 is 0 Å². The van der Waals surface area contributed by atoms with Crippen LogP contribution in [0.3, 0.4) is 0 Å². The summed E-state index contributed by atoms with van der Waals surface area (Å²) in [6.45, 7) is 6.58. The molecule has 0 atom stereocenters. The SMILES string of the molecule is COc1cc(OC)c(CCCCNCC(C)C)c(OC)c1. The van der Waals surface area contributed by atoms with Gasteiger partial charge in [0.05, 0.1) is 21.3 Å². The standard InChI is InChI=1S/C17H29NO3/c1-13(2)12-18-9-7-6-8-15-16(20-4)10-14(19-3)11-17(15)21-5/h10-11,13,18H,6-9,12H2,1-5H3. The Kier molecular flexibility index (Phi) is 7.98. The minimum Gasteiger partial charge on any atom is -0.496 e. The Morgan fingerprint density at radius 1 is 0.952 bits per heavy atom. The first-order chi connectivity index (χ1) is 10.1. The summed E-state index contributed by atoms with van der Waals surface area (Å²) in [6, 6.07) is 3.82. The van der Waals surface area contributed by atoms with Crippen LogP contribution in [0.1, 0.15) is 32.3 Å². The second kappa shape index (κ2) is 9.50. The van der Waals surface area contributed by atoms with Crippen LogP contribution in [0.4, 0.5) is 0 Å². The molecule has 0 radical (unpaired) electrons. The molecule has 0 aromatic heterocycles. The molecule has 1 rings (SSSR count).